The number of nitrogens with zero attached hydrogens (tertiary/aromatic N) is 2. The van der Waals surface area contributed by atoms with Gasteiger partial charge in [0.05, 0.1) is 13.3 Å². The van der Waals surface area contributed by atoms with Gasteiger partial charge >= 0.3 is 0 Å². The summed E-state index contributed by atoms with van der Waals surface area (Å²) in [5, 5.41) is 0. The van der Waals surface area contributed by atoms with Gasteiger partial charge < -0.3 is 10.5 Å². The zero-order valence-corrected chi connectivity index (χ0v) is 10.5. The van der Waals surface area contributed by atoms with E-state index < -0.39 is 5.82 Å². The summed E-state index contributed by atoms with van der Waals surface area (Å²) in [5.41, 5.74) is 8.17. The quantitative estimate of drug-likeness (QED) is 0.885. The van der Waals surface area contributed by atoms with Crippen LogP contribution in [0, 0.1) is 19.7 Å². The molecule has 2 N–H and O–H groups in total. The van der Waals surface area contributed by atoms with Crippen LogP contribution in [0.2, 0.25) is 0 Å². The van der Waals surface area contributed by atoms with Crippen molar-refractivity contribution in [3.8, 4) is 17.1 Å². The van der Waals surface area contributed by atoms with E-state index in [0.29, 0.717) is 5.82 Å². The Morgan fingerprint density at radius 3 is 2.33 bits per heavy atom. The molecule has 5 heteroatoms. The molecule has 1 aromatic heterocycles. The van der Waals surface area contributed by atoms with Gasteiger partial charge in [-0.1, -0.05) is 0 Å². The first-order valence-electron chi connectivity index (χ1n) is 5.46. The standard InChI is InChI=1S/C13H14FN3O/c1-7-4-9(5-8(2)11(7)18-3)13-16-6-10(14)12(15)17-13/h4-6H,1-3H3,(H2,15,16,17). The monoisotopic (exact) mass is 247 g/mol. The number of aromatic nitrogens is 2. The van der Waals surface area contributed by atoms with Crippen LogP contribution in [0.4, 0.5) is 10.2 Å². The summed E-state index contributed by atoms with van der Waals surface area (Å²) in [6, 6.07) is 3.77. The van der Waals surface area contributed by atoms with Crippen molar-refractivity contribution in [3.63, 3.8) is 0 Å². The molecule has 0 atom stereocenters. The van der Waals surface area contributed by atoms with Crippen LogP contribution in [-0.4, -0.2) is 17.1 Å². The third-order valence-corrected chi connectivity index (χ3v) is 2.69. The van der Waals surface area contributed by atoms with Crippen LogP contribution in [-0.2, 0) is 0 Å². The lowest BCUT2D eigenvalue weighted by Crippen LogP contribution is -2.00. The number of nitrogen functional groups attached to an aromatic ring is 1. The van der Waals surface area contributed by atoms with Crippen molar-refractivity contribution in [1.82, 2.24) is 9.97 Å². The number of anilines is 1. The molecule has 0 aliphatic carbocycles. The third kappa shape index (κ3) is 2.11. The van der Waals surface area contributed by atoms with E-state index in [1.165, 1.54) is 0 Å². The van der Waals surface area contributed by atoms with Crippen molar-refractivity contribution < 1.29 is 9.13 Å². The minimum absolute atomic E-state index is 0.147. The van der Waals surface area contributed by atoms with Crippen molar-refractivity contribution in [2.24, 2.45) is 0 Å². The highest BCUT2D eigenvalue weighted by Crippen LogP contribution is 2.28. The van der Waals surface area contributed by atoms with E-state index in [4.69, 9.17) is 10.5 Å². The molecule has 18 heavy (non-hydrogen) atoms. The lowest BCUT2D eigenvalue weighted by Gasteiger charge is -2.10. The van der Waals surface area contributed by atoms with E-state index in [9.17, 15) is 4.39 Å². The SMILES string of the molecule is COc1c(C)cc(-c2ncc(F)c(N)n2)cc1C. The minimum atomic E-state index is -0.610. The molecule has 2 aromatic rings. The fourth-order valence-corrected chi connectivity index (χ4v) is 1.92. The van der Waals surface area contributed by atoms with Gasteiger partial charge in [-0.2, -0.15) is 0 Å². The number of benzene rings is 1. The average Bonchev–Trinajstić information content (AvgIpc) is 2.32. The maximum Gasteiger partial charge on any atom is 0.183 e. The van der Waals surface area contributed by atoms with Crippen LogP contribution >= 0.6 is 0 Å². The first-order chi connectivity index (χ1) is 8.52. The van der Waals surface area contributed by atoms with Crippen molar-refractivity contribution in [1.29, 1.82) is 0 Å². The summed E-state index contributed by atoms with van der Waals surface area (Å²) >= 11 is 0. The number of aryl methyl sites for hydroxylation is 2. The van der Waals surface area contributed by atoms with Crippen LogP contribution in [0.1, 0.15) is 11.1 Å². The van der Waals surface area contributed by atoms with Gasteiger partial charge in [0.25, 0.3) is 0 Å². The molecule has 4 nitrogen and oxygen atoms in total. The van der Waals surface area contributed by atoms with Crippen LogP contribution in [0.3, 0.4) is 0 Å². The molecule has 0 bridgehead atoms. The number of halogens is 1. The average molecular weight is 247 g/mol. The Kier molecular flexibility index (Phi) is 3.14. The van der Waals surface area contributed by atoms with Gasteiger partial charge in [0, 0.05) is 5.56 Å². The topological polar surface area (TPSA) is 61.0 Å². The Morgan fingerprint density at radius 1 is 1.22 bits per heavy atom. The van der Waals surface area contributed by atoms with Gasteiger partial charge in [-0.3, -0.25) is 0 Å². The Bertz CT molecular complexity index is 576. The summed E-state index contributed by atoms with van der Waals surface area (Å²) in [6.45, 7) is 3.87. The summed E-state index contributed by atoms with van der Waals surface area (Å²) in [4.78, 5) is 7.87. The Labute approximate surface area is 105 Å². The summed E-state index contributed by atoms with van der Waals surface area (Å²) in [7, 11) is 1.63. The van der Waals surface area contributed by atoms with E-state index in [0.717, 1.165) is 28.6 Å². The summed E-state index contributed by atoms with van der Waals surface area (Å²) in [6.07, 6.45) is 1.08. The van der Waals surface area contributed by atoms with E-state index >= 15 is 0 Å². The largest absolute Gasteiger partial charge is 0.496 e. The molecular weight excluding hydrogens is 233 g/mol. The molecular formula is C13H14FN3O. The summed E-state index contributed by atoms with van der Waals surface area (Å²) in [5.74, 6) is 0.475. The van der Waals surface area contributed by atoms with Crippen LogP contribution in [0.25, 0.3) is 11.4 Å². The van der Waals surface area contributed by atoms with Crippen LogP contribution < -0.4 is 10.5 Å². The third-order valence-electron chi connectivity index (χ3n) is 2.69. The summed E-state index contributed by atoms with van der Waals surface area (Å²) < 4.78 is 18.3. The van der Waals surface area contributed by atoms with Gasteiger partial charge in [0.15, 0.2) is 17.5 Å². The van der Waals surface area contributed by atoms with E-state index in [1.54, 1.807) is 7.11 Å². The number of hydrogen-bond donors (Lipinski definition) is 1. The zero-order chi connectivity index (χ0) is 13.3. The Morgan fingerprint density at radius 2 is 1.83 bits per heavy atom. The molecule has 0 aliphatic rings. The first-order valence-corrected chi connectivity index (χ1v) is 5.46. The van der Waals surface area contributed by atoms with Gasteiger partial charge in [-0.25, -0.2) is 14.4 Å². The van der Waals surface area contributed by atoms with Crippen molar-refractivity contribution in [3.05, 3.63) is 35.3 Å². The molecule has 1 heterocycles. The number of hydrogen-bond acceptors (Lipinski definition) is 4. The zero-order valence-electron chi connectivity index (χ0n) is 10.5. The number of nitrogens with two attached hydrogens (primary N) is 1. The molecule has 0 aliphatic heterocycles. The van der Waals surface area contributed by atoms with E-state index in [1.807, 2.05) is 26.0 Å². The molecule has 0 amide bonds. The van der Waals surface area contributed by atoms with E-state index in [-0.39, 0.29) is 5.82 Å². The molecule has 0 spiro atoms. The van der Waals surface area contributed by atoms with Crippen LogP contribution in [0.15, 0.2) is 18.3 Å². The van der Waals surface area contributed by atoms with Gasteiger partial charge in [0.2, 0.25) is 0 Å². The highest BCUT2D eigenvalue weighted by Gasteiger charge is 2.10. The van der Waals surface area contributed by atoms with Crippen LogP contribution in [0.5, 0.6) is 5.75 Å². The second kappa shape index (κ2) is 4.60. The van der Waals surface area contributed by atoms with Gasteiger partial charge in [-0.05, 0) is 37.1 Å². The smallest absolute Gasteiger partial charge is 0.183 e. The Balaban J connectivity index is 2.54. The molecule has 0 unspecified atom stereocenters. The second-order valence-electron chi connectivity index (χ2n) is 4.07. The fourth-order valence-electron chi connectivity index (χ4n) is 1.92. The first kappa shape index (κ1) is 12.3. The minimum Gasteiger partial charge on any atom is -0.496 e. The molecule has 0 radical (unpaired) electrons. The fraction of sp³-hybridized carbons (Fsp3) is 0.231. The molecule has 0 saturated carbocycles. The lowest BCUT2D eigenvalue weighted by atomic mass is 10.1. The number of ether oxygens (including phenoxy) is 1. The maximum atomic E-state index is 13.0. The maximum absolute atomic E-state index is 13.0. The molecule has 94 valence electrons. The predicted octanol–water partition coefficient (Wildman–Crippen LogP) is 2.49. The molecule has 0 saturated heterocycles. The molecule has 0 fully saturated rings. The van der Waals surface area contributed by atoms with Gasteiger partial charge in [-0.15, -0.1) is 0 Å². The Hall–Kier alpha value is -2.17. The van der Waals surface area contributed by atoms with Crippen molar-refractivity contribution in [2.45, 2.75) is 13.8 Å². The van der Waals surface area contributed by atoms with Crippen molar-refractivity contribution in [2.75, 3.05) is 12.8 Å². The number of rotatable bonds is 2. The highest BCUT2D eigenvalue weighted by atomic mass is 19.1. The van der Waals surface area contributed by atoms with Gasteiger partial charge in [0.1, 0.15) is 5.75 Å². The lowest BCUT2D eigenvalue weighted by molar-refractivity contribution is 0.408. The predicted molar refractivity (Wildman–Crippen MR) is 67.9 cm³/mol. The molecule has 1 aromatic carbocycles. The van der Waals surface area contributed by atoms with E-state index in [2.05, 4.69) is 9.97 Å². The normalized spacial score (nSPS) is 10.4. The molecule has 2 rings (SSSR count). The second-order valence-corrected chi connectivity index (χ2v) is 4.07. The number of methoxy groups -OCH3 is 1. The highest BCUT2D eigenvalue weighted by molar-refractivity contribution is 5.62. The van der Waals surface area contributed by atoms with Crippen molar-refractivity contribution >= 4 is 5.82 Å².